The van der Waals surface area contributed by atoms with Crippen LogP contribution in [-0.4, -0.2) is 27.6 Å². The van der Waals surface area contributed by atoms with Crippen molar-refractivity contribution in [1.82, 2.24) is 19.9 Å². The van der Waals surface area contributed by atoms with Gasteiger partial charge in [0.05, 0.1) is 17.3 Å². The van der Waals surface area contributed by atoms with Gasteiger partial charge >= 0.3 is 0 Å². The number of furan rings is 1. The number of pyridine rings is 1. The van der Waals surface area contributed by atoms with Gasteiger partial charge in [-0.05, 0) is 56.5 Å². The molecule has 160 valence electrons. The van der Waals surface area contributed by atoms with Crippen LogP contribution in [0, 0.1) is 5.92 Å². The summed E-state index contributed by atoms with van der Waals surface area (Å²) in [5, 5.41) is 4.62. The smallest absolute Gasteiger partial charge is 0.154 e. The molecule has 0 radical (unpaired) electrons. The summed E-state index contributed by atoms with van der Waals surface area (Å²) in [6.45, 7) is 3.18. The normalized spacial score (nSPS) is 15.0. The standard InChI is InChI=1S/C27H26N4O/c1-2-7-20(8-3-1)27-30-25-24(23-11-6-18-32-23)29-22-10-5-4-9-21(22)26(25)31(27)17-14-19-12-15-28-16-13-19/h1-11,18-19,28H,12-17H2. The van der Waals surface area contributed by atoms with Crippen LogP contribution in [0.15, 0.2) is 77.4 Å². The van der Waals surface area contributed by atoms with Gasteiger partial charge in [0.1, 0.15) is 17.0 Å². The van der Waals surface area contributed by atoms with Crippen LogP contribution in [0.2, 0.25) is 0 Å². The molecule has 6 rings (SSSR count). The maximum atomic E-state index is 5.77. The quantitative estimate of drug-likeness (QED) is 0.383. The van der Waals surface area contributed by atoms with E-state index in [2.05, 4.69) is 58.4 Å². The first kappa shape index (κ1) is 19.3. The molecule has 0 amide bonds. The van der Waals surface area contributed by atoms with Gasteiger partial charge in [-0.3, -0.25) is 0 Å². The molecule has 0 aliphatic carbocycles. The molecule has 1 N–H and O–H groups in total. The van der Waals surface area contributed by atoms with Gasteiger partial charge in [-0.1, -0.05) is 48.5 Å². The van der Waals surface area contributed by atoms with Crippen molar-refractivity contribution in [2.75, 3.05) is 13.1 Å². The van der Waals surface area contributed by atoms with Crippen LogP contribution in [0.3, 0.4) is 0 Å². The van der Waals surface area contributed by atoms with E-state index in [1.54, 1.807) is 6.26 Å². The van der Waals surface area contributed by atoms with E-state index >= 15 is 0 Å². The van der Waals surface area contributed by atoms with E-state index in [0.29, 0.717) is 0 Å². The third kappa shape index (κ3) is 3.39. The molecule has 5 nitrogen and oxygen atoms in total. The zero-order chi connectivity index (χ0) is 21.3. The minimum atomic E-state index is 0.745. The van der Waals surface area contributed by atoms with Crippen LogP contribution in [0.5, 0.6) is 0 Å². The summed E-state index contributed by atoms with van der Waals surface area (Å²) < 4.78 is 8.19. The highest BCUT2D eigenvalue weighted by molar-refractivity contribution is 6.08. The number of imidazole rings is 1. The van der Waals surface area contributed by atoms with E-state index in [9.17, 15) is 0 Å². The van der Waals surface area contributed by atoms with Gasteiger partial charge < -0.3 is 14.3 Å². The predicted molar refractivity (Wildman–Crippen MR) is 128 cm³/mol. The first-order valence-corrected chi connectivity index (χ1v) is 11.5. The average molecular weight is 423 g/mol. The van der Waals surface area contributed by atoms with Crippen molar-refractivity contribution >= 4 is 21.9 Å². The van der Waals surface area contributed by atoms with Crippen LogP contribution < -0.4 is 5.32 Å². The molecule has 1 aliphatic heterocycles. The molecule has 0 atom stereocenters. The summed E-state index contributed by atoms with van der Waals surface area (Å²) in [4.78, 5) is 10.1. The number of para-hydroxylation sites is 1. The minimum absolute atomic E-state index is 0.745. The van der Waals surface area contributed by atoms with Crippen LogP contribution in [0.1, 0.15) is 19.3 Å². The maximum absolute atomic E-state index is 5.77. The van der Waals surface area contributed by atoms with Gasteiger partial charge in [-0.15, -0.1) is 0 Å². The summed E-state index contributed by atoms with van der Waals surface area (Å²) in [6, 6.07) is 22.7. The van der Waals surface area contributed by atoms with Crippen molar-refractivity contribution < 1.29 is 4.42 Å². The molecule has 5 aromatic rings. The zero-order valence-electron chi connectivity index (χ0n) is 18.0. The Bertz CT molecular complexity index is 1350. The lowest BCUT2D eigenvalue weighted by Gasteiger charge is -2.23. The fourth-order valence-electron chi connectivity index (χ4n) is 4.93. The van der Waals surface area contributed by atoms with Crippen molar-refractivity contribution in [1.29, 1.82) is 0 Å². The molecule has 0 spiro atoms. The topological polar surface area (TPSA) is 55.9 Å². The summed E-state index contributed by atoms with van der Waals surface area (Å²) in [7, 11) is 0. The monoisotopic (exact) mass is 422 g/mol. The average Bonchev–Trinajstić information content (AvgIpc) is 3.52. The summed E-state index contributed by atoms with van der Waals surface area (Å²) >= 11 is 0. The molecule has 0 saturated carbocycles. The molecule has 3 aromatic heterocycles. The molecule has 0 bridgehead atoms. The molecule has 1 fully saturated rings. The number of benzene rings is 2. The summed E-state index contributed by atoms with van der Waals surface area (Å²) in [6.07, 6.45) is 5.34. The van der Waals surface area contributed by atoms with E-state index in [1.165, 1.54) is 12.8 Å². The van der Waals surface area contributed by atoms with Crippen molar-refractivity contribution in [2.24, 2.45) is 5.92 Å². The highest BCUT2D eigenvalue weighted by Gasteiger charge is 2.22. The molecule has 32 heavy (non-hydrogen) atoms. The minimum Gasteiger partial charge on any atom is -0.463 e. The fourth-order valence-corrected chi connectivity index (χ4v) is 4.93. The summed E-state index contributed by atoms with van der Waals surface area (Å²) in [5.41, 5.74) is 4.96. The fraction of sp³-hybridized carbons (Fsp3) is 0.259. The number of nitrogens with zero attached hydrogens (tertiary/aromatic N) is 3. The van der Waals surface area contributed by atoms with Gasteiger partial charge in [-0.25, -0.2) is 9.97 Å². The second-order valence-corrected chi connectivity index (χ2v) is 8.59. The molecule has 4 heterocycles. The van der Waals surface area contributed by atoms with E-state index < -0.39 is 0 Å². The number of rotatable bonds is 5. The van der Waals surface area contributed by atoms with Crippen LogP contribution in [0.25, 0.3) is 44.8 Å². The Morgan fingerprint density at radius 2 is 1.72 bits per heavy atom. The van der Waals surface area contributed by atoms with Crippen LogP contribution >= 0.6 is 0 Å². The number of aromatic nitrogens is 3. The zero-order valence-corrected chi connectivity index (χ0v) is 18.0. The first-order valence-electron chi connectivity index (χ1n) is 11.5. The molecule has 2 aromatic carbocycles. The molecule has 0 unspecified atom stereocenters. The highest BCUT2D eigenvalue weighted by atomic mass is 16.3. The third-order valence-electron chi connectivity index (χ3n) is 6.59. The predicted octanol–water partition coefficient (Wildman–Crippen LogP) is 5.90. The number of hydrogen-bond acceptors (Lipinski definition) is 4. The molecule has 5 heteroatoms. The largest absolute Gasteiger partial charge is 0.463 e. The second-order valence-electron chi connectivity index (χ2n) is 8.59. The van der Waals surface area contributed by atoms with Gasteiger partial charge in [-0.2, -0.15) is 0 Å². The Kier molecular flexibility index (Phi) is 4.96. The SMILES string of the molecule is c1ccc(-c2nc3c(-c4ccco4)nc4ccccc4c3n2CCC2CCNCC2)cc1. The van der Waals surface area contributed by atoms with Crippen molar-refractivity contribution in [3.05, 3.63) is 73.0 Å². The van der Waals surface area contributed by atoms with Gasteiger partial charge in [0.15, 0.2) is 5.76 Å². The lowest BCUT2D eigenvalue weighted by molar-refractivity contribution is 0.340. The van der Waals surface area contributed by atoms with E-state index in [-0.39, 0.29) is 0 Å². The Balaban J connectivity index is 1.60. The number of hydrogen-bond donors (Lipinski definition) is 1. The van der Waals surface area contributed by atoms with Gasteiger partial charge in [0, 0.05) is 17.5 Å². The van der Waals surface area contributed by atoms with Crippen molar-refractivity contribution in [3.8, 4) is 22.8 Å². The van der Waals surface area contributed by atoms with E-state index in [1.807, 2.05) is 18.2 Å². The van der Waals surface area contributed by atoms with Gasteiger partial charge in [0.25, 0.3) is 0 Å². The van der Waals surface area contributed by atoms with Crippen molar-refractivity contribution in [2.45, 2.75) is 25.8 Å². The Morgan fingerprint density at radius 3 is 2.53 bits per heavy atom. The Hall–Kier alpha value is -3.44. The number of aryl methyl sites for hydroxylation is 1. The Morgan fingerprint density at radius 1 is 0.906 bits per heavy atom. The number of piperidine rings is 1. The molecular weight excluding hydrogens is 396 g/mol. The van der Waals surface area contributed by atoms with E-state index in [4.69, 9.17) is 14.4 Å². The van der Waals surface area contributed by atoms with Crippen LogP contribution in [-0.2, 0) is 6.54 Å². The van der Waals surface area contributed by atoms with Crippen molar-refractivity contribution in [3.63, 3.8) is 0 Å². The van der Waals surface area contributed by atoms with Gasteiger partial charge in [0.2, 0.25) is 0 Å². The molecule has 1 aliphatic rings. The summed E-state index contributed by atoms with van der Waals surface area (Å²) in [5.74, 6) is 2.50. The number of nitrogens with one attached hydrogen (secondary N) is 1. The third-order valence-corrected chi connectivity index (χ3v) is 6.59. The Labute approximate surface area is 187 Å². The number of fused-ring (bicyclic) bond motifs is 3. The first-order chi connectivity index (χ1) is 15.9. The lowest BCUT2D eigenvalue weighted by Crippen LogP contribution is -2.28. The second kappa shape index (κ2) is 8.24. The van der Waals surface area contributed by atoms with Crippen LogP contribution in [0.4, 0.5) is 0 Å². The lowest BCUT2D eigenvalue weighted by atomic mass is 9.94. The maximum Gasteiger partial charge on any atom is 0.154 e. The molecular formula is C27H26N4O. The highest BCUT2D eigenvalue weighted by Crippen LogP contribution is 2.36. The van der Waals surface area contributed by atoms with E-state index in [0.717, 1.165) is 76.8 Å². The molecule has 1 saturated heterocycles.